The summed E-state index contributed by atoms with van der Waals surface area (Å²) in [5.41, 5.74) is 2.47. The molecule has 0 aliphatic rings. The smallest absolute Gasteiger partial charge is 0.157 e. The molecular weight excluding hydrogens is 272 g/mol. The van der Waals surface area contributed by atoms with Crippen LogP contribution in [0.3, 0.4) is 0 Å². The van der Waals surface area contributed by atoms with Gasteiger partial charge in [0.2, 0.25) is 0 Å². The Bertz CT molecular complexity index is 642. The molecule has 0 spiro atoms. The normalized spacial score (nSPS) is 10.0. The van der Waals surface area contributed by atoms with E-state index in [0.717, 1.165) is 0 Å². The molecule has 3 rings (SSSR count). The van der Waals surface area contributed by atoms with E-state index in [0.29, 0.717) is 0 Å². The van der Waals surface area contributed by atoms with Crippen LogP contribution < -0.4 is 0 Å². The molecule has 2 nitrogen and oxygen atoms in total. The molecule has 0 aliphatic carbocycles. The Hall–Kier alpha value is -3.00. The van der Waals surface area contributed by atoms with E-state index in [-0.39, 0.29) is 11.5 Å². The van der Waals surface area contributed by atoms with Crippen molar-refractivity contribution in [2.75, 3.05) is 0 Å². The molecule has 0 aromatic heterocycles. The summed E-state index contributed by atoms with van der Waals surface area (Å²) in [7, 11) is 0. The van der Waals surface area contributed by atoms with E-state index in [1.807, 2.05) is 36.4 Å². The topological polar surface area (TPSA) is 40.5 Å². The fourth-order valence-electron chi connectivity index (χ4n) is 1.78. The molecule has 2 N–H and O–H groups in total. The Morgan fingerprint density at radius 3 is 1.09 bits per heavy atom. The van der Waals surface area contributed by atoms with Crippen molar-refractivity contribution in [3.63, 3.8) is 0 Å². The fourth-order valence-corrected chi connectivity index (χ4v) is 1.78. The summed E-state index contributed by atoms with van der Waals surface area (Å²) >= 11 is 0. The molecule has 0 atom stereocenters. The molecule has 0 radical (unpaired) electrons. The van der Waals surface area contributed by atoms with Crippen LogP contribution in [0.1, 0.15) is 11.1 Å². The van der Waals surface area contributed by atoms with Crippen molar-refractivity contribution in [3.05, 3.63) is 96.1 Å². The summed E-state index contributed by atoms with van der Waals surface area (Å²) in [6.45, 7) is 0. The standard InChI is InChI=1S/C14H12.C6H6O2/c1-3-7-13(8-4-1)11-12-14-9-5-2-6-10-14;7-5-3-1-2-4-6(5)8/h1-12H;1-4,7-8H. The quantitative estimate of drug-likeness (QED) is 0.517. The van der Waals surface area contributed by atoms with Gasteiger partial charge in [-0.25, -0.2) is 0 Å². The van der Waals surface area contributed by atoms with Crippen LogP contribution >= 0.6 is 0 Å². The zero-order valence-corrected chi connectivity index (χ0v) is 12.1. The van der Waals surface area contributed by atoms with Crippen LogP contribution in [0.2, 0.25) is 0 Å². The van der Waals surface area contributed by atoms with Gasteiger partial charge in [0.15, 0.2) is 11.5 Å². The van der Waals surface area contributed by atoms with E-state index in [4.69, 9.17) is 10.2 Å². The molecule has 0 heterocycles. The Kier molecular flexibility index (Phi) is 5.82. The lowest BCUT2D eigenvalue weighted by atomic mass is 10.1. The number of hydrogen-bond donors (Lipinski definition) is 2. The van der Waals surface area contributed by atoms with Crippen LogP contribution in [-0.2, 0) is 0 Å². The van der Waals surface area contributed by atoms with Gasteiger partial charge in [-0.15, -0.1) is 0 Å². The highest BCUT2D eigenvalue weighted by Crippen LogP contribution is 2.21. The highest BCUT2D eigenvalue weighted by Gasteiger charge is 1.90. The third-order valence-corrected chi connectivity index (χ3v) is 2.95. The highest BCUT2D eigenvalue weighted by molar-refractivity contribution is 5.69. The van der Waals surface area contributed by atoms with Gasteiger partial charge in [-0.2, -0.15) is 0 Å². The molecule has 110 valence electrons. The Balaban J connectivity index is 0.000000188. The van der Waals surface area contributed by atoms with Gasteiger partial charge < -0.3 is 10.2 Å². The van der Waals surface area contributed by atoms with Gasteiger partial charge in [0.1, 0.15) is 0 Å². The first-order valence-corrected chi connectivity index (χ1v) is 7.01. The van der Waals surface area contributed by atoms with Crippen molar-refractivity contribution in [3.8, 4) is 11.5 Å². The second-order valence-electron chi connectivity index (χ2n) is 4.64. The van der Waals surface area contributed by atoms with Crippen LogP contribution in [0.5, 0.6) is 11.5 Å². The maximum Gasteiger partial charge on any atom is 0.157 e. The number of hydrogen-bond acceptors (Lipinski definition) is 2. The first kappa shape index (κ1) is 15.4. The molecule has 0 saturated carbocycles. The third-order valence-electron chi connectivity index (χ3n) is 2.95. The molecule has 0 amide bonds. The zero-order chi connectivity index (χ0) is 15.6. The van der Waals surface area contributed by atoms with Gasteiger partial charge in [0.25, 0.3) is 0 Å². The monoisotopic (exact) mass is 290 g/mol. The predicted molar refractivity (Wildman–Crippen MR) is 91.6 cm³/mol. The molecule has 0 saturated heterocycles. The van der Waals surface area contributed by atoms with Crippen LogP contribution in [0.4, 0.5) is 0 Å². The predicted octanol–water partition coefficient (Wildman–Crippen LogP) is 4.95. The van der Waals surface area contributed by atoms with Gasteiger partial charge >= 0.3 is 0 Å². The van der Waals surface area contributed by atoms with E-state index >= 15 is 0 Å². The van der Waals surface area contributed by atoms with Crippen LogP contribution in [0.25, 0.3) is 12.2 Å². The van der Waals surface area contributed by atoms with E-state index in [2.05, 4.69) is 36.4 Å². The average molecular weight is 290 g/mol. The Labute approximate surface area is 130 Å². The maximum absolute atomic E-state index is 8.67. The number of phenolic OH excluding ortho intramolecular Hbond substituents is 2. The fraction of sp³-hybridized carbons (Fsp3) is 0. The third kappa shape index (κ3) is 5.17. The summed E-state index contributed by atoms with van der Waals surface area (Å²) in [6.07, 6.45) is 4.24. The molecule has 22 heavy (non-hydrogen) atoms. The minimum Gasteiger partial charge on any atom is -0.504 e. The second-order valence-corrected chi connectivity index (χ2v) is 4.64. The minimum absolute atomic E-state index is 0.0764. The zero-order valence-electron chi connectivity index (χ0n) is 12.1. The van der Waals surface area contributed by atoms with Gasteiger partial charge in [-0.3, -0.25) is 0 Å². The summed E-state index contributed by atoms with van der Waals surface area (Å²) < 4.78 is 0. The van der Waals surface area contributed by atoms with Crippen molar-refractivity contribution in [2.45, 2.75) is 0 Å². The van der Waals surface area contributed by atoms with Crippen molar-refractivity contribution in [2.24, 2.45) is 0 Å². The Morgan fingerprint density at radius 1 is 0.455 bits per heavy atom. The molecular formula is C20H18O2. The molecule has 0 bridgehead atoms. The second kappa shape index (κ2) is 8.32. The van der Waals surface area contributed by atoms with Gasteiger partial charge in [0.05, 0.1) is 0 Å². The number of aromatic hydroxyl groups is 2. The van der Waals surface area contributed by atoms with Gasteiger partial charge in [-0.05, 0) is 23.3 Å². The van der Waals surface area contributed by atoms with E-state index in [9.17, 15) is 0 Å². The van der Waals surface area contributed by atoms with Crippen LogP contribution in [0, 0.1) is 0 Å². The van der Waals surface area contributed by atoms with Crippen LogP contribution in [0.15, 0.2) is 84.9 Å². The molecule has 0 unspecified atom stereocenters. The van der Waals surface area contributed by atoms with Gasteiger partial charge in [0, 0.05) is 0 Å². The van der Waals surface area contributed by atoms with Crippen LogP contribution in [-0.4, -0.2) is 10.2 Å². The lowest BCUT2D eigenvalue weighted by Gasteiger charge is -1.92. The number of phenols is 2. The van der Waals surface area contributed by atoms with Crippen molar-refractivity contribution >= 4 is 12.2 Å². The minimum atomic E-state index is -0.0764. The highest BCUT2D eigenvalue weighted by atomic mass is 16.3. The van der Waals surface area contributed by atoms with Crippen molar-refractivity contribution in [1.29, 1.82) is 0 Å². The van der Waals surface area contributed by atoms with Crippen molar-refractivity contribution < 1.29 is 10.2 Å². The molecule has 0 fully saturated rings. The molecule has 2 heteroatoms. The first-order chi connectivity index (χ1) is 10.8. The van der Waals surface area contributed by atoms with E-state index < -0.39 is 0 Å². The number of para-hydroxylation sites is 2. The van der Waals surface area contributed by atoms with E-state index in [1.54, 1.807) is 12.1 Å². The summed E-state index contributed by atoms with van der Waals surface area (Å²) in [5, 5.41) is 17.3. The number of benzene rings is 3. The van der Waals surface area contributed by atoms with E-state index in [1.165, 1.54) is 23.3 Å². The lowest BCUT2D eigenvalue weighted by molar-refractivity contribution is 0.404. The summed E-state index contributed by atoms with van der Waals surface area (Å²) in [4.78, 5) is 0. The lowest BCUT2D eigenvalue weighted by Crippen LogP contribution is -1.70. The SMILES string of the molecule is C(=Cc1ccccc1)c1ccccc1.Oc1ccccc1O. The maximum atomic E-state index is 8.67. The van der Waals surface area contributed by atoms with Crippen molar-refractivity contribution in [1.82, 2.24) is 0 Å². The average Bonchev–Trinajstić information content (AvgIpc) is 2.58. The molecule has 3 aromatic carbocycles. The first-order valence-electron chi connectivity index (χ1n) is 7.01. The Morgan fingerprint density at radius 2 is 0.773 bits per heavy atom. The molecule has 0 aliphatic heterocycles. The number of rotatable bonds is 2. The largest absolute Gasteiger partial charge is 0.504 e. The summed E-state index contributed by atoms with van der Waals surface area (Å²) in [6, 6.07) is 26.8. The summed E-state index contributed by atoms with van der Waals surface area (Å²) in [5.74, 6) is -0.153. The van der Waals surface area contributed by atoms with Gasteiger partial charge in [-0.1, -0.05) is 84.9 Å². The molecule has 3 aromatic rings.